The quantitative estimate of drug-likeness (QED) is 0.339. The predicted molar refractivity (Wildman–Crippen MR) is 136 cm³/mol. The summed E-state index contributed by atoms with van der Waals surface area (Å²) in [4.78, 5) is 28.6. The van der Waals surface area contributed by atoms with Crippen molar-refractivity contribution < 1.29 is 9.90 Å². The van der Waals surface area contributed by atoms with E-state index in [1.165, 1.54) is 19.3 Å². The first kappa shape index (κ1) is 24.8. The van der Waals surface area contributed by atoms with E-state index in [9.17, 15) is 14.7 Å². The zero-order valence-corrected chi connectivity index (χ0v) is 20.6. The Morgan fingerprint density at radius 1 is 1.06 bits per heavy atom. The van der Waals surface area contributed by atoms with Gasteiger partial charge in [-0.1, -0.05) is 80.3 Å². The van der Waals surface area contributed by atoms with Crippen LogP contribution in [-0.2, 0) is 17.8 Å². The van der Waals surface area contributed by atoms with Gasteiger partial charge < -0.3 is 10.0 Å². The lowest BCUT2D eigenvalue weighted by molar-refractivity contribution is -0.130. The van der Waals surface area contributed by atoms with Gasteiger partial charge in [-0.15, -0.1) is 0 Å². The zero-order valence-electron chi connectivity index (χ0n) is 19.8. The van der Waals surface area contributed by atoms with E-state index >= 15 is 0 Å². The fourth-order valence-corrected chi connectivity index (χ4v) is 4.84. The minimum Gasteiger partial charge on any atom is -0.494 e. The Balaban J connectivity index is 1.64. The SMILES string of the molecule is CCCCCCCC(=O)N(C)Cc1cccc(-c2ccc(Cc3sc(=O)[nH]c3O)cc2C)c1. The molecule has 33 heavy (non-hydrogen) atoms. The monoisotopic (exact) mass is 466 g/mol. The third-order valence-electron chi connectivity index (χ3n) is 5.93. The van der Waals surface area contributed by atoms with Crippen molar-refractivity contribution in [3.8, 4) is 17.0 Å². The van der Waals surface area contributed by atoms with Gasteiger partial charge in [-0.05, 0) is 47.2 Å². The van der Waals surface area contributed by atoms with E-state index < -0.39 is 0 Å². The summed E-state index contributed by atoms with van der Waals surface area (Å²) < 4.78 is 0. The van der Waals surface area contributed by atoms with E-state index in [4.69, 9.17) is 0 Å². The van der Waals surface area contributed by atoms with Crippen LogP contribution in [0.15, 0.2) is 47.3 Å². The molecule has 1 heterocycles. The lowest BCUT2D eigenvalue weighted by Crippen LogP contribution is -2.25. The third kappa shape index (κ3) is 7.06. The second-order valence-electron chi connectivity index (χ2n) is 8.73. The highest BCUT2D eigenvalue weighted by atomic mass is 32.1. The number of aromatic amines is 1. The number of aromatic hydroxyl groups is 1. The molecule has 0 saturated carbocycles. The van der Waals surface area contributed by atoms with Gasteiger partial charge in [0.05, 0.1) is 4.88 Å². The molecule has 0 aliphatic heterocycles. The van der Waals surface area contributed by atoms with Gasteiger partial charge >= 0.3 is 4.87 Å². The van der Waals surface area contributed by atoms with Gasteiger partial charge in [0.1, 0.15) is 0 Å². The largest absolute Gasteiger partial charge is 0.494 e. The minimum absolute atomic E-state index is 0.0425. The van der Waals surface area contributed by atoms with Crippen LogP contribution in [0.4, 0.5) is 0 Å². The number of carbonyl (C=O) groups is 1. The summed E-state index contributed by atoms with van der Waals surface area (Å²) in [5, 5.41) is 9.84. The summed E-state index contributed by atoms with van der Waals surface area (Å²) in [5.74, 6) is 0.159. The highest BCUT2D eigenvalue weighted by molar-refractivity contribution is 7.09. The molecule has 2 aromatic carbocycles. The summed E-state index contributed by atoms with van der Waals surface area (Å²) >= 11 is 1.04. The van der Waals surface area contributed by atoms with Gasteiger partial charge in [-0.2, -0.15) is 0 Å². The van der Waals surface area contributed by atoms with E-state index in [-0.39, 0.29) is 16.7 Å². The van der Waals surface area contributed by atoms with Crippen molar-refractivity contribution in [3.63, 3.8) is 0 Å². The number of benzene rings is 2. The van der Waals surface area contributed by atoms with Crippen molar-refractivity contribution in [2.75, 3.05) is 7.05 Å². The number of H-pyrrole nitrogens is 1. The molecule has 0 bridgehead atoms. The molecule has 0 aliphatic carbocycles. The number of aromatic nitrogens is 1. The molecule has 0 unspecified atom stereocenters. The topological polar surface area (TPSA) is 73.4 Å². The van der Waals surface area contributed by atoms with Crippen LogP contribution in [0.25, 0.3) is 11.1 Å². The van der Waals surface area contributed by atoms with E-state index in [2.05, 4.69) is 49.2 Å². The van der Waals surface area contributed by atoms with Crippen LogP contribution in [0.5, 0.6) is 5.88 Å². The van der Waals surface area contributed by atoms with Gasteiger partial charge in [-0.25, -0.2) is 0 Å². The maximum atomic E-state index is 12.5. The Kier molecular flexibility index (Phi) is 8.89. The Morgan fingerprint density at radius 2 is 1.85 bits per heavy atom. The van der Waals surface area contributed by atoms with Crippen LogP contribution in [0.2, 0.25) is 0 Å². The number of nitrogens with zero attached hydrogens (tertiary/aromatic N) is 1. The molecule has 0 fully saturated rings. The second-order valence-corrected chi connectivity index (χ2v) is 9.79. The fraction of sp³-hybridized carbons (Fsp3) is 0.407. The van der Waals surface area contributed by atoms with E-state index in [0.717, 1.165) is 52.0 Å². The van der Waals surface area contributed by atoms with Gasteiger partial charge in [0.25, 0.3) is 0 Å². The van der Waals surface area contributed by atoms with Crippen molar-refractivity contribution in [1.82, 2.24) is 9.88 Å². The smallest absolute Gasteiger partial charge is 0.307 e. The average molecular weight is 467 g/mol. The van der Waals surface area contributed by atoms with Crippen LogP contribution in [0.1, 0.15) is 67.0 Å². The molecule has 0 aliphatic rings. The zero-order chi connectivity index (χ0) is 23.8. The molecule has 176 valence electrons. The molecule has 3 aromatic rings. The van der Waals surface area contributed by atoms with Crippen molar-refractivity contribution >= 4 is 17.2 Å². The maximum Gasteiger partial charge on any atom is 0.307 e. The molecule has 1 amide bonds. The first-order valence-electron chi connectivity index (χ1n) is 11.7. The fourth-order valence-electron chi connectivity index (χ4n) is 4.09. The van der Waals surface area contributed by atoms with Crippen LogP contribution < -0.4 is 4.87 Å². The number of aryl methyl sites for hydroxylation is 1. The highest BCUT2D eigenvalue weighted by Crippen LogP contribution is 2.28. The number of nitrogens with one attached hydrogen (secondary N) is 1. The Morgan fingerprint density at radius 3 is 2.55 bits per heavy atom. The summed E-state index contributed by atoms with van der Waals surface area (Å²) in [6.45, 7) is 4.87. The number of hydrogen-bond acceptors (Lipinski definition) is 4. The molecule has 0 saturated heterocycles. The third-order valence-corrected chi connectivity index (χ3v) is 6.81. The van der Waals surface area contributed by atoms with E-state index in [0.29, 0.717) is 24.3 Å². The lowest BCUT2D eigenvalue weighted by Gasteiger charge is -2.18. The summed E-state index contributed by atoms with van der Waals surface area (Å²) in [7, 11) is 1.88. The molecule has 0 atom stereocenters. The van der Waals surface area contributed by atoms with E-state index in [1.54, 1.807) is 0 Å². The Labute approximate surface area is 200 Å². The maximum absolute atomic E-state index is 12.5. The van der Waals surface area contributed by atoms with Gasteiger partial charge in [-0.3, -0.25) is 14.6 Å². The van der Waals surface area contributed by atoms with Crippen molar-refractivity contribution in [2.24, 2.45) is 0 Å². The molecule has 2 N–H and O–H groups in total. The van der Waals surface area contributed by atoms with Crippen molar-refractivity contribution in [2.45, 2.75) is 65.3 Å². The van der Waals surface area contributed by atoms with Gasteiger partial charge in [0.15, 0.2) is 0 Å². The number of rotatable bonds is 11. The van der Waals surface area contributed by atoms with Crippen LogP contribution >= 0.6 is 11.3 Å². The minimum atomic E-state index is -0.243. The number of carbonyl (C=O) groups excluding carboxylic acids is 1. The number of thiazole rings is 1. The Bertz CT molecular complexity index is 1130. The standard InChI is InChI=1S/C27H34N2O3S/c1-4-5-6-7-8-12-25(30)29(3)18-21-10-9-11-22(16-21)23-14-13-20(15-19(23)2)17-24-26(31)28-27(32)33-24/h9-11,13-16,31H,4-8,12,17-18H2,1-3H3,(H,28,32). The number of hydrogen-bond donors (Lipinski definition) is 2. The molecule has 3 rings (SSSR count). The highest BCUT2D eigenvalue weighted by Gasteiger charge is 2.12. The summed E-state index contributed by atoms with van der Waals surface area (Å²) in [6.07, 6.45) is 6.89. The lowest BCUT2D eigenvalue weighted by atomic mass is 9.96. The van der Waals surface area contributed by atoms with Crippen molar-refractivity contribution in [1.29, 1.82) is 0 Å². The summed E-state index contributed by atoms with van der Waals surface area (Å²) in [5.41, 5.74) is 5.54. The number of unbranched alkanes of at least 4 members (excludes halogenated alkanes) is 4. The van der Waals surface area contributed by atoms with Gasteiger partial charge in [0.2, 0.25) is 11.8 Å². The number of amides is 1. The molecular weight excluding hydrogens is 432 g/mol. The van der Waals surface area contributed by atoms with Crippen LogP contribution in [0, 0.1) is 6.92 Å². The first-order chi connectivity index (χ1) is 15.9. The molecule has 0 radical (unpaired) electrons. The van der Waals surface area contributed by atoms with E-state index in [1.807, 2.05) is 24.1 Å². The van der Waals surface area contributed by atoms with Crippen LogP contribution in [-0.4, -0.2) is 27.9 Å². The summed E-state index contributed by atoms with van der Waals surface area (Å²) in [6, 6.07) is 14.6. The van der Waals surface area contributed by atoms with Gasteiger partial charge in [0, 0.05) is 26.4 Å². The van der Waals surface area contributed by atoms with Crippen LogP contribution in [0.3, 0.4) is 0 Å². The second kappa shape index (κ2) is 11.8. The normalized spacial score (nSPS) is 11.0. The molecule has 6 heteroatoms. The predicted octanol–water partition coefficient (Wildman–Crippen LogP) is 6.03. The average Bonchev–Trinajstić information content (AvgIpc) is 3.10. The molecule has 5 nitrogen and oxygen atoms in total. The Hall–Kier alpha value is -2.86. The molecular formula is C27H34N2O3S. The molecule has 1 aromatic heterocycles. The first-order valence-corrected chi connectivity index (χ1v) is 12.5. The van der Waals surface area contributed by atoms with Crippen molar-refractivity contribution in [3.05, 3.63) is 73.7 Å². The molecule has 0 spiro atoms.